The van der Waals surface area contributed by atoms with Gasteiger partial charge in [-0.15, -0.1) is 0 Å². The van der Waals surface area contributed by atoms with Gasteiger partial charge in [-0.2, -0.15) is 0 Å². The smallest absolute Gasteiger partial charge is 0.223 e. The summed E-state index contributed by atoms with van der Waals surface area (Å²) in [5, 5.41) is 3.10. The van der Waals surface area contributed by atoms with Crippen LogP contribution in [0.1, 0.15) is 32.6 Å². The fraction of sp³-hybridized carbons (Fsp3) is 0.818. The Hall–Kier alpha value is -0.640. The number of hydrogen-bond acceptors (Lipinski definition) is 2. The minimum absolute atomic E-state index is 0.197. The Morgan fingerprint density at radius 1 is 1.40 bits per heavy atom. The Bertz CT molecular complexity index is 292. The first kappa shape index (κ1) is 10.9. The van der Waals surface area contributed by atoms with Gasteiger partial charge in [0.05, 0.1) is 4.99 Å². The number of carbonyl (C=O) groups is 1. The van der Waals surface area contributed by atoms with E-state index in [1.807, 2.05) is 0 Å². The molecule has 2 fully saturated rings. The van der Waals surface area contributed by atoms with Crippen LogP contribution in [0.5, 0.6) is 0 Å². The second-order valence-corrected chi connectivity index (χ2v) is 5.35. The van der Waals surface area contributed by atoms with Crippen molar-refractivity contribution in [2.45, 2.75) is 38.6 Å². The van der Waals surface area contributed by atoms with Gasteiger partial charge in [0.25, 0.3) is 0 Å². The fourth-order valence-corrected chi connectivity index (χ4v) is 2.73. The van der Waals surface area contributed by atoms with Gasteiger partial charge in [-0.3, -0.25) is 4.79 Å². The molecule has 15 heavy (non-hydrogen) atoms. The van der Waals surface area contributed by atoms with E-state index < -0.39 is 0 Å². The van der Waals surface area contributed by atoms with Crippen molar-refractivity contribution in [2.24, 2.45) is 23.5 Å². The monoisotopic (exact) mass is 226 g/mol. The zero-order valence-corrected chi connectivity index (χ0v) is 9.85. The third-order valence-electron chi connectivity index (χ3n) is 3.66. The van der Waals surface area contributed by atoms with E-state index in [4.69, 9.17) is 18.0 Å². The van der Waals surface area contributed by atoms with Crippen LogP contribution in [-0.2, 0) is 4.79 Å². The van der Waals surface area contributed by atoms with Crippen LogP contribution >= 0.6 is 12.2 Å². The summed E-state index contributed by atoms with van der Waals surface area (Å²) >= 11 is 5.02. The highest BCUT2D eigenvalue weighted by molar-refractivity contribution is 7.80. The van der Waals surface area contributed by atoms with E-state index >= 15 is 0 Å². The van der Waals surface area contributed by atoms with E-state index in [0.717, 1.165) is 25.7 Å². The first-order chi connectivity index (χ1) is 7.09. The van der Waals surface area contributed by atoms with Crippen molar-refractivity contribution < 1.29 is 4.79 Å². The van der Waals surface area contributed by atoms with Crippen molar-refractivity contribution in [1.82, 2.24) is 5.32 Å². The normalized spacial score (nSPS) is 38.7. The van der Waals surface area contributed by atoms with Crippen LogP contribution < -0.4 is 11.1 Å². The molecule has 2 aliphatic carbocycles. The van der Waals surface area contributed by atoms with Crippen molar-refractivity contribution in [2.75, 3.05) is 0 Å². The summed E-state index contributed by atoms with van der Waals surface area (Å²) in [5.74, 6) is 1.24. The molecule has 3 nitrogen and oxygen atoms in total. The Labute approximate surface area is 95.8 Å². The largest absolute Gasteiger partial charge is 0.393 e. The summed E-state index contributed by atoms with van der Waals surface area (Å²) in [5.41, 5.74) is 5.66. The van der Waals surface area contributed by atoms with Gasteiger partial charge in [0, 0.05) is 17.9 Å². The van der Waals surface area contributed by atoms with Crippen molar-refractivity contribution >= 4 is 23.1 Å². The summed E-state index contributed by atoms with van der Waals surface area (Å²) in [6, 6.07) is 0.197. The third kappa shape index (κ3) is 2.30. The van der Waals surface area contributed by atoms with E-state index in [-0.39, 0.29) is 23.8 Å². The lowest BCUT2D eigenvalue weighted by molar-refractivity contribution is -0.123. The first-order valence-electron chi connectivity index (χ1n) is 5.69. The minimum atomic E-state index is 0.197. The predicted octanol–water partition coefficient (Wildman–Crippen LogP) is 1.21. The zero-order chi connectivity index (χ0) is 11.0. The van der Waals surface area contributed by atoms with Crippen LogP contribution in [0, 0.1) is 17.8 Å². The number of rotatable bonds is 3. The van der Waals surface area contributed by atoms with E-state index in [1.54, 1.807) is 0 Å². The number of nitrogens with two attached hydrogens (primary N) is 1. The Balaban J connectivity index is 1.88. The molecule has 0 aromatic carbocycles. The fourth-order valence-electron chi connectivity index (χ4n) is 2.45. The maximum absolute atomic E-state index is 11.7. The van der Waals surface area contributed by atoms with Crippen LogP contribution in [0.25, 0.3) is 0 Å². The molecule has 4 heteroatoms. The van der Waals surface area contributed by atoms with Crippen LogP contribution in [0.3, 0.4) is 0 Å². The Morgan fingerprint density at radius 2 is 2.07 bits per heavy atom. The van der Waals surface area contributed by atoms with Crippen molar-refractivity contribution in [3.05, 3.63) is 0 Å². The first-order valence-corrected chi connectivity index (χ1v) is 6.10. The number of amides is 1. The molecule has 0 aromatic heterocycles. The molecule has 84 valence electrons. The van der Waals surface area contributed by atoms with Gasteiger partial charge in [0.1, 0.15) is 0 Å². The molecular formula is C11H18N2OS. The molecular weight excluding hydrogens is 208 g/mol. The lowest BCUT2D eigenvalue weighted by Crippen LogP contribution is -2.42. The van der Waals surface area contributed by atoms with Crippen molar-refractivity contribution in [3.8, 4) is 0 Å². The van der Waals surface area contributed by atoms with Gasteiger partial charge in [0.2, 0.25) is 5.91 Å². The SMILES string of the molecule is CC1CC1C(=O)NC1CCCC1C(N)=S. The molecule has 4 unspecified atom stereocenters. The predicted molar refractivity (Wildman–Crippen MR) is 63.3 cm³/mol. The Morgan fingerprint density at radius 3 is 2.60 bits per heavy atom. The molecule has 0 saturated heterocycles. The second kappa shape index (κ2) is 4.08. The van der Waals surface area contributed by atoms with Gasteiger partial charge >= 0.3 is 0 Å². The molecule has 3 N–H and O–H groups in total. The van der Waals surface area contributed by atoms with Gasteiger partial charge in [-0.25, -0.2) is 0 Å². The number of carbonyl (C=O) groups excluding carboxylic acids is 1. The van der Waals surface area contributed by atoms with Crippen molar-refractivity contribution in [3.63, 3.8) is 0 Å². The van der Waals surface area contributed by atoms with Crippen LogP contribution in [0.4, 0.5) is 0 Å². The summed E-state index contributed by atoms with van der Waals surface area (Å²) in [7, 11) is 0. The third-order valence-corrected chi connectivity index (χ3v) is 3.96. The highest BCUT2D eigenvalue weighted by Crippen LogP contribution is 2.38. The molecule has 0 heterocycles. The summed E-state index contributed by atoms with van der Waals surface area (Å²) < 4.78 is 0. The molecule has 0 bridgehead atoms. The topological polar surface area (TPSA) is 55.1 Å². The number of thiocarbonyl (C=S) groups is 1. The average Bonchev–Trinajstić information content (AvgIpc) is 2.73. The molecule has 4 atom stereocenters. The number of hydrogen-bond donors (Lipinski definition) is 2. The van der Waals surface area contributed by atoms with Crippen molar-refractivity contribution in [1.29, 1.82) is 0 Å². The van der Waals surface area contributed by atoms with Crippen LogP contribution in [0.2, 0.25) is 0 Å². The lowest BCUT2D eigenvalue weighted by atomic mass is 10.0. The minimum Gasteiger partial charge on any atom is -0.393 e. The summed E-state index contributed by atoms with van der Waals surface area (Å²) in [4.78, 5) is 12.3. The summed E-state index contributed by atoms with van der Waals surface area (Å²) in [6.07, 6.45) is 4.21. The average molecular weight is 226 g/mol. The Kier molecular flexibility index (Phi) is 2.96. The molecule has 1 amide bonds. The summed E-state index contributed by atoms with van der Waals surface area (Å²) in [6.45, 7) is 2.12. The highest BCUT2D eigenvalue weighted by atomic mass is 32.1. The number of nitrogens with one attached hydrogen (secondary N) is 1. The van der Waals surface area contributed by atoms with Gasteiger partial charge in [-0.05, 0) is 25.2 Å². The molecule has 2 aliphatic rings. The van der Waals surface area contributed by atoms with Crippen LogP contribution in [0.15, 0.2) is 0 Å². The van der Waals surface area contributed by atoms with Gasteiger partial charge < -0.3 is 11.1 Å². The quantitative estimate of drug-likeness (QED) is 0.711. The second-order valence-electron chi connectivity index (χ2n) is 4.87. The van der Waals surface area contributed by atoms with Crippen LogP contribution in [-0.4, -0.2) is 16.9 Å². The van der Waals surface area contributed by atoms with E-state index in [2.05, 4.69) is 12.2 Å². The molecule has 0 spiro atoms. The molecule has 2 rings (SSSR count). The zero-order valence-electron chi connectivity index (χ0n) is 9.03. The highest BCUT2D eigenvalue weighted by Gasteiger charge is 2.41. The molecule has 0 radical (unpaired) electrons. The maximum Gasteiger partial charge on any atom is 0.223 e. The van der Waals surface area contributed by atoms with Gasteiger partial charge in [0.15, 0.2) is 0 Å². The molecule has 0 aliphatic heterocycles. The lowest BCUT2D eigenvalue weighted by Gasteiger charge is -2.19. The molecule has 0 aromatic rings. The molecule has 2 saturated carbocycles. The van der Waals surface area contributed by atoms with E-state index in [0.29, 0.717) is 10.9 Å². The van der Waals surface area contributed by atoms with E-state index in [9.17, 15) is 4.79 Å². The maximum atomic E-state index is 11.7. The van der Waals surface area contributed by atoms with Gasteiger partial charge in [-0.1, -0.05) is 25.6 Å². The van der Waals surface area contributed by atoms with E-state index in [1.165, 1.54) is 0 Å². The standard InChI is InChI=1S/C11H18N2OS/c1-6-5-8(6)11(14)13-9-4-2-3-7(9)10(12)15/h6-9H,2-5H2,1H3,(H2,12,15)(H,13,14).